The normalized spacial score (nSPS) is 16.7. The highest BCUT2D eigenvalue weighted by Gasteiger charge is 2.21. The quantitative estimate of drug-likeness (QED) is 0.665. The molecule has 6 heteroatoms. The third-order valence-electron chi connectivity index (χ3n) is 4.99. The van der Waals surface area contributed by atoms with Crippen LogP contribution in [0, 0.1) is 12.7 Å². The Balaban J connectivity index is 1.73. The lowest BCUT2D eigenvalue weighted by Gasteiger charge is -2.19. The van der Waals surface area contributed by atoms with E-state index in [2.05, 4.69) is 35.2 Å². The van der Waals surface area contributed by atoms with Crippen molar-refractivity contribution in [3.63, 3.8) is 0 Å². The molecule has 0 amide bonds. The lowest BCUT2D eigenvalue weighted by Crippen LogP contribution is -2.17. The van der Waals surface area contributed by atoms with Crippen LogP contribution in [0.2, 0.25) is 0 Å². The van der Waals surface area contributed by atoms with Crippen molar-refractivity contribution in [2.45, 2.75) is 39.2 Å². The van der Waals surface area contributed by atoms with Gasteiger partial charge in [0.2, 0.25) is 0 Å². The number of ether oxygens (including phenoxy) is 2. The number of halogens is 1. The topological polar surface area (TPSA) is 56.3 Å². The maximum absolute atomic E-state index is 13.6. The Morgan fingerprint density at radius 3 is 2.79 bits per heavy atom. The number of nitrogens with one attached hydrogen (secondary N) is 1. The molecule has 0 bridgehead atoms. The molecule has 0 unspecified atom stereocenters. The Bertz CT molecular complexity index is 1000. The second kappa shape index (κ2) is 7.72. The molecule has 1 fully saturated rings. The summed E-state index contributed by atoms with van der Waals surface area (Å²) >= 11 is 0. The van der Waals surface area contributed by atoms with Crippen LogP contribution in [0.25, 0.3) is 10.9 Å². The molecule has 146 valence electrons. The second-order valence-electron chi connectivity index (χ2n) is 7.48. The largest absolute Gasteiger partial charge is 0.488 e. The highest BCUT2D eigenvalue weighted by atomic mass is 19.1. The molecule has 2 aromatic carbocycles. The van der Waals surface area contributed by atoms with Crippen LogP contribution in [0.3, 0.4) is 0 Å². The van der Waals surface area contributed by atoms with Gasteiger partial charge in [-0.1, -0.05) is 13.8 Å². The fourth-order valence-electron chi connectivity index (χ4n) is 3.40. The zero-order valence-corrected chi connectivity index (χ0v) is 16.3. The monoisotopic (exact) mass is 381 g/mol. The predicted molar refractivity (Wildman–Crippen MR) is 108 cm³/mol. The van der Waals surface area contributed by atoms with Gasteiger partial charge in [0, 0.05) is 23.6 Å². The summed E-state index contributed by atoms with van der Waals surface area (Å²) in [5, 5.41) is 4.20. The number of fused-ring (bicyclic) bond motifs is 1. The van der Waals surface area contributed by atoms with E-state index in [-0.39, 0.29) is 17.8 Å². The Morgan fingerprint density at radius 2 is 2.07 bits per heavy atom. The number of hydrogen-bond acceptors (Lipinski definition) is 5. The first kappa shape index (κ1) is 18.6. The number of aryl methyl sites for hydroxylation is 1. The van der Waals surface area contributed by atoms with Crippen LogP contribution in [0.1, 0.15) is 37.3 Å². The molecule has 0 saturated carbocycles. The number of rotatable bonds is 5. The molecule has 0 spiro atoms. The van der Waals surface area contributed by atoms with E-state index >= 15 is 0 Å². The van der Waals surface area contributed by atoms with Crippen molar-refractivity contribution < 1.29 is 13.9 Å². The van der Waals surface area contributed by atoms with Crippen molar-refractivity contribution in [2.75, 3.05) is 18.5 Å². The van der Waals surface area contributed by atoms with Gasteiger partial charge in [-0.2, -0.15) is 0 Å². The van der Waals surface area contributed by atoms with Crippen molar-refractivity contribution in [3.8, 4) is 5.75 Å². The molecule has 1 aromatic heterocycles. The van der Waals surface area contributed by atoms with Gasteiger partial charge in [0.1, 0.15) is 29.8 Å². The van der Waals surface area contributed by atoms with E-state index < -0.39 is 0 Å². The number of aromatic nitrogens is 2. The third kappa shape index (κ3) is 3.78. The van der Waals surface area contributed by atoms with Gasteiger partial charge in [-0.15, -0.1) is 0 Å². The third-order valence-corrected chi connectivity index (χ3v) is 4.99. The Kier molecular flexibility index (Phi) is 5.13. The lowest BCUT2D eigenvalue weighted by molar-refractivity contribution is 0.140. The van der Waals surface area contributed by atoms with Gasteiger partial charge >= 0.3 is 0 Å². The summed E-state index contributed by atoms with van der Waals surface area (Å²) in [4.78, 5) is 8.84. The van der Waals surface area contributed by atoms with E-state index in [1.165, 1.54) is 12.4 Å². The summed E-state index contributed by atoms with van der Waals surface area (Å²) in [6.07, 6.45) is 2.51. The Hall–Kier alpha value is -2.73. The van der Waals surface area contributed by atoms with Gasteiger partial charge in [0.25, 0.3) is 0 Å². The Morgan fingerprint density at radius 1 is 1.21 bits per heavy atom. The molecule has 3 aromatic rings. The number of hydrogen-bond donors (Lipinski definition) is 1. The van der Waals surface area contributed by atoms with Gasteiger partial charge in [0.15, 0.2) is 0 Å². The standard InChI is InChI=1S/C22H24FN3O2/c1-13(2)17-9-18-20(10-21(17)28-16-6-7-27-11-16)24-12-25-22(18)26-15-4-5-19(23)14(3)8-15/h4-5,8-10,12-13,16H,6-7,11H2,1-3H3,(H,24,25,26)/t16-/m1/s1. The molecule has 4 rings (SSSR count). The van der Waals surface area contributed by atoms with Crippen molar-refractivity contribution in [3.05, 3.63) is 53.6 Å². The molecule has 1 aliphatic rings. The summed E-state index contributed by atoms with van der Waals surface area (Å²) in [7, 11) is 0. The number of nitrogens with zero attached hydrogens (tertiary/aromatic N) is 2. The van der Waals surface area contributed by atoms with Crippen LogP contribution in [-0.2, 0) is 4.74 Å². The van der Waals surface area contributed by atoms with E-state index in [0.29, 0.717) is 18.0 Å². The highest BCUT2D eigenvalue weighted by molar-refractivity contribution is 5.92. The van der Waals surface area contributed by atoms with Gasteiger partial charge in [-0.05, 0) is 48.2 Å². The summed E-state index contributed by atoms with van der Waals surface area (Å²) in [5.74, 6) is 1.59. The molecule has 2 heterocycles. The minimum absolute atomic E-state index is 0.0802. The maximum atomic E-state index is 13.6. The minimum atomic E-state index is -0.224. The summed E-state index contributed by atoms with van der Waals surface area (Å²) < 4.78 is 25.2. The number of benzene rings is 2. The second-order valence-corrected chi connectivity index (χ2v) is 7.48. The molecule has 5 nitrogen and oxygen atoms in total. The van der Waals surface area contributed by atoms with Gasteiger partial charge in [0.05, 0.1) is 18.7 Å². The molecule has 28 heavy (non-hydrogen) atoms. The maximum Gasteiger partial charge on any atom is 0.141 e. The average Bonchev–Trinajstić information content (AvgIpc) is 3.17. The van der Waals surface area contributed by atoms with Crippen LogP contribution in [0.4, 0.5) is 15.9 Å². The van der Waals surface area contributed by atoms with Gasteiger partial charge in [-0.25, -0.2) is 14.4 Å². The minimum Gasteiger partial charge on any atom is -0.488 e. The summed E-state index contributed by atoms with van der Waals surface area (Å²) in [5.41, 5.74) is 3.27. The molecule has 0 aliphatic carbocycles. The molecular weight excluding hydrogens is 357 g/mol. The van der Waals surface area contributed by atoms with Crippen LogP contribution >= 0.6 is 0 Å². The van der Waals surface area contributed by atoms with Gasteiger partial charge < -0.3 is 14.8 Å². The van der Waals surface area contributed by atoms with E-state index in [1.807, 2.05) is 6.07 Å². The van der Waals surface area contributed by atoms with Crippen LogP contribution in [0.15, 0.2) is 36.7 Å². The fraction of sp³-hybridized carbons (Fsp3) is 0.364. The molecule has 1 N–H and O–H groups in total. The van der Waals surface area contributed by atoms with Crippen molar-refractivity contribution in [1.29, 1.82) is 0 Å². The van der Waals surface area contributed by atoms with E-state index in [9.17, 15) is 4.39 Å². The van der Waals surface area contributed by atoms with E-state index in [4.69, 9.17) is 9.47 Å². The predicted octanol–water partition coefficient (Wildman–Crippen LogP) is 5.11. The first-order valence-corrected chi connectivity index (χ1v) is 9.57. The van der Waals surface area contributed by atoms with Crippen LogP contribution in [0.5, 0.6) is 5.75 Å². The van der Waals surface area contributed by atoms with Crippen LogP contribution in [-0.4, -0.2) is 29.3 Å². The summed E-state index contributed by atoms with van der Waals surface area (Å²) in [6, 6.07) is 8.99. The van der Waals surface area contributed by atoms with Crippen molar-refractivity contribution >= 4 is 22.4 Å². The summed E-state index contributed by atoms with van der Waals surface area (Å²) in [6.45, 7) is 7.38. The zero-order chi connectivity index (χ0) is 19.7. The lowest BCUT2D eigenvalue weighted by atomic mass is 9.99. The molecule has 0 radical (unpaired) electrons. The first-order chi connectivity index (χ1) is 13.5. The van der Waals surface area contributed by atoms with E-state index in [0.717, 1.165) is 40.9 Å². The average molecular weight is 381 g/mol. The van der Waals surface area contributed by atoms with Crippen LogP contribution < -0.4 is 10.1 Å². The zero-order valence-electron chi connectivity index (χ0n) is 16.3. The molecule has 1 saturated heterocycles. The van der Waals surface area contributed by atoms with Gasteiger partial charge in [-0.3, -0.25) is 0 Å². The smallest absolute Gasteiger partial charge is 0.141 e. The molecule has 1 aliphatic heterocycles. The highest BCUT2D eigenvalue weighted by Crippen LogP contribution is 2.35. The molecular formula is C22H24FN3O2. The fourth-order valence-corrected chi connectivity index (χ4v) is 3.40. The SMILES string of the molecule is Cc1cc(Nc2ncnc3cc(O[C@@H]4CCOC4)c(C(C)C)cc23)ccc1F. The Labute approximate surface area is 163 Å². The molecule has 1 atom stereocenters. The van der Waals surface area contributed by atoms with Crippen molar-refractivity contribution in [2.24, 2.45) is 0 Å². The first-order valence-electron chi connectivity index (χ1n) is 9.57. The van der Waals surface area contributed by atoms with Crippen molar-refractivity contribution in [1.82, 2.24) is 9.97 Å². The van der Waals surface area contributed by atoms with E-state index in [1.54, 1.807) is 19.1 Å². The number of anilines is 2.